The minimum absolute atomic E-state index is 0.00189. The fraction of sp³-hybridized carbons (Fsp3) is 0.310. The Morgan fingerprint density at radius 3 is 2.15 bits per heavy atom. The fourth-order valence-corrected chi connectivity index (χ4v) is 4.12. The van der Waals surface area contributed by atoms with Crippen LogP contribution in [0, 0.1) is 12.8 Å². The van der Waals surface area contributed by atoms with Gasteiger partial charge in [-0.15, -0.1) is 0 Å². The Bertz CT molecular complexity index is 1130. The van der Waals surface area contributed by atoms with Crippen LogP contribution >= 0.6 is 12.2 Å². The Balaban J connectivity index is 1.73. The standard InChI is InChI=1S/C29H34N2OS/c1-19(2)26(25-13-8-7-10-20(25)3)31-28(33)30-24-12-9-11-22(18-24)27(32)21-14-16-23(17-15-21)29(4,5)6/h7-19,26H,1-6H3,(H2,30,31,33)/t26-/m0/s1. The maximum absolute atomic E-state index is 13.1. The summed E-state index contributed by atoms with van der Waals surface area (Å²) < 4.78 is 0. The van der Waals surface area contributed by atoms with Gasteiger partial charge in [0.05, 0.1) is 6.04 Å². The van der Waals surface area contributed by atoms with Crippen molar-refractivity contribution in [3.63, 3.8) is 0 Å². The van der Waals surface area contributed by atoms with E-state index in [0.29, 0.717) is 22.2 Å². The first-order valence-corrected chi connectivity index (χ1v) is 11.9. The monoisotopic (exact) mass is 458 g/mol. The van der Waals surface area contributed by atoms with Crippen molar-refractivity contribution >= 4 is 28.8 Å². The Hall–Kier alpha value is -2.98. The molecule has 3 aromatic carbocycles. The summed E-state index contributed by atoms with van der Waals surface area (Å²) in [5.41, 5.74) is 5.83. The molecule has 3 rings (SSSR count). The number of hydrogen-bond donors (Lipinski definition) is 2. The van der Waals surface area contributed by atoms with E-state index in [-0.39, 0.29) is 17.2 Å². The molecule has 2 N–H and O–H groups in total. The van der Waals surface area contributed by atoms with Crippen molar-refractivity contribution in [2.45, 2.75) is 53.0 Å². The number of ketones is 1. The van der Waals surface area contributed by atoms with Gasteiger partial charge in [0.25, 0.3) is 0 Å². The van der Waals surface area contributed by atoms with Crippen LogP contribution in [0.1, 0.15) is 73.3 Å². The van der Waals surface area contributed by atoms with Gasteiger partial charge in [0, 0.05) is 16.8 Å². The number of thiocarbonyl (C=S) groups is 1. The zero-order valence-corrected chi connectivity index (χ0v) is 21.2. The normalized spacial score (nSPS) is 12.3. The Morgan fingerprint density at radius 2 is 1.55 bits per heavy atom. The topological polar surface area (TPSA) is 41.1 Å². The summed E-state index contributed by atoms with van der Waals surface area (Å²) in [6.07, 6.45) is 0. The number of carbonyl (C=O) groups is 1. The summed E-state index contributed by atoms with van der Waals surface area (Å²) >= 11 is 5.62. The highest BCUT2D eigenvalue weighted by Crippen LogP contribution is 2.26. The van der Waals surface area contributed by atoms with E-state index in [1.54, 1.807) is 0 Å². The van der Waals surface area contributed by atoms with E-state index in [1.807, 2.05) is 54.6 Å². The van der Waals surface area contributed by atoms with E-state index >= 15 is 0 Å². The van der Waals surface area contributed by atoms with Gasteiger partial charge in [-0.25, -0.2) is 0 Å². The van der Waals surface area contributed by atoms with E-state index < -0.39 is 0 Å². The molecule has 3 aromatic rings. The second-order valence-electron chi connectivity index (χ2n) is 9.91. The van der Waals surface area contributed by atoms with E-state index in [1.165, 1.54) is 16.7 Å². The van der Waals surface area contributed by atoms with Crippen LogP contribution in [0.4, 0.5) is 5.69 Å². The highest BCUT2D eigenvalue weighted by Gasteiger charge is 2.19. The molecule has 172 valence electrons. The average molecular weight is 459 g/mol. The first kappa shape index (κ1) is 24.7. The molecule has 0 amide bonds. The molecule has 0 saturated heterocycles. The van der Waals surface area contributed by atoms with Gasteiger partial charge in [-0.1, -0.05) is 95.3 Å². The van der Waals surface area contributed by atoms with E-state index in [2.05, 4.69) is 70.4 Å². The zero-order chi connectivity index (χ0) is 24.2. The van der Waals surface area contributed by atoms with Gasteiger partial charge < -0.3 is 10.6 Å². The molecular formula is C29H34N2OS. The van der Waals surface area contributed by atoms with Crippen LogP contribution in [0.5, 0.6) is 0 Å². The smallest absolute Gasteiger partial charge is 0.193 e. The summed E-state index contributed by atoms with van der Waals surface area (Å²) in [5.74, 6) is 0.354. The van der Waals surface area contributed by atoms with Crippen molar-refractivity contribution in [1.29, 1.82) is 0 Å². The molecular weight excluding hydrogens is 424 g/mol. The van der Waals surface area contributed by atoms with Crippen LogP contribution in [0.25, 0.3) is 0 Å². The predicted octanol–water partition coefficient (Wildman–Crippen LogP) is 7.21. The maximum Gasteiger partial charge on any atom is 0.193 e. The third kappa shape index (κ3) is 6.29. The molecule has 0 aliphatic heterocycles. The van der Waals surface area contributed by atoms with E-state index in [4.69, 9.17) is 12.2 Å². The van der Waals surface area contributed by atoms with Gasteiger partial charge >= 0.3 is 0 Å². The number of aryl methyl sites for hydroxylation is 1. The molecule has 0 heterocycles. The lowest BCUT2D eigenvalue weighted by atomic mass is 9.86. The zero-order valence-electron chi connectivity index (χ0n) is 20.4. The van der Waals surface area contributed by atoms with Crippen molar-refractivity contribution < 1.29 is 4.79 Å². The van der Waals surface area contributed by atoms with Crippen molar-refractivity contribution in [2.24, 2.45) is 5.92 Å². The second kappa shape index (κ2) is 10.3. The molecule has 0 aromatic heterocycles. The minimum atomic E-state index is -0.00189. The number of anilines is 1. The maximum atomic E-state index is 13.1. The third-order valence-corrected chi connectivity index (χ3v) is 6.09. The number of carbonyl (C=O) groups excluding carboxylic acids is 1. The van der Waals surface area contributed by atoms with Crippen molar-refractivity contribution in [3.8, 4) is 0 Å². The largest absolute Gasteiger partial charge is 0.355 e. The first-order valence-electron chi connectivity index (χ1n) is 11.4. The molecule has 4 heteroatoms. The highest BCUT2D eigenvalue weighted by molar-refractivity contribution is 7.80. The average Bonchev–Trinajstić information content (AvgIpc) is 2.77. The third-order valence-electron chi connectivity index (χ3n) is 5.87. The molecule has 33 heavy (non-hydrogen) atoms. The number of hydrogen-bond acceptors (Lipinski definition) is 2. The Labute approximate surface area is 203 Å². The molecule has 0 aliphatic carbocycles. The SMILES string of the molecule is Cc1ccccc1[C@@H](NC(=S)Nc1cccc(C(=O)c2ccc(C(C)(C)C)cc2)c1)C(C)C. The van der Waals surface area contributed by atoms with E-state index in [9.17, 15) is 4.79 Å². The summed E-state index contributed by atoms with van der Waals surface area (Å²) in [4.78, 5) is 13.1. The summed E-state index contributed by atoms with van der Waals surface area (Å²) in [6, 6.07) is 23.8. The fourth-order valence-electron chi connectivity index (χ4n) is 3.87. The van der Waals surface area contributed by atoms with Crippen molar-refractivity contribution in [2.75, 3.05) is 5.32 Å². The first-order chi connectivity index (χ1) is 15.6. The van der Waals surface area contributed by atoms with Gasteiger partial charge in [-0.2, -0.15) is 0 Å². The van der Waals surface area contributed by atoms with Gasteiger partial charge in [-0.3, -0.25) is 4.79 Å². The predicted molar refractivity (Wildman–Crippen MR) is 143 cm³/mol. The van der Waals surface area contributed by atoms with Crippen LogP contribution in [0.2, 0.25) is 0 Å². The van der Waals surface area contributed by atoms with Crippen molar-refractivity contribution in [3.05, 3.63) is 101 Å². The molecule has 0 spiro atoms. The van der Waals surface area contributed by atoms with Crippen molar-refractivity contribution in [1.82, 2.24) is 5.32 Å². The Kier molecular flexibility index (Phi) is 7.70. The molecule has 1 atom stereocenters. The molecule has 0 unspecified atom stereocenters. The molecule has 0 saturated carbocycles. The number of rotatable bonds is 6. The van der Waals surface area contributed by atoms with Crippen LogP contribution in [-0.4, -0.2) is 10.9 Å². The quantitative estimate of drug-likeness (QED) is 0.302. The van der Waals surface area contributed by atoms with Crippen LogP contribution in [0.3, 0.4) is 0 Å². The number of nitrogens with one attached hydrogen (secondary N) is 2. The van der Waals surface area contributed by atoms with Crippen LogP contribution in [-0.2, 0) is 5.41 Å². The van der Waals surface area contributed by atoms with Crippen LogP contribution in [0.15, 0.2) is 72.8 Å². The lowest BCUT2D eigenvalue weighted by Gasteiger charge is -2.26. The van der Waals surface area contributed by atoms with E-state index in [0.717, 1.165) is 5.69 Å². The van der Waals surface area contributed by atoms with Gasteiger partial charge in [-0.05, 0) is 59.3 Å². The Morgan fingerprint density at radius 1 is 0.879 bits per heavy atom. The number of benzene rings is 3. The summed E-state index contributed by atoms with van der Waals surface area (Å²) in [5, 5.41) is 7.26. The van der Waals surface area contributed by atoms with Gasteiger partial charge in [0.2, 0.25) is 0 Å². The molecule has 3 nitrogen and oxygen atoms in total. The van der Waals surface area contributed by atoms with Crippen LogP contribution < -0.4 is 10.6 Å². The molecule has 0 bridgehead atoms. The molecule has 0 fully saturated rings. The lowest BCUT2D eigenvalue weighted by molar-refractivity contribution is 0.103. The molecule has 0 aliphatic rings. The summed E-state index contributed by atoms with van der Waals surface area (Å²) in [7, 11) is 0. The van der Waals surface area contributed by atoms with Gasteiger partial charge in [0.15, 0.2) is 10.9 Å². The highest BCUT2D eigenvalue weighted by atomic mass is 32.1. The minimum Gasteiger partial charge on any atom is -0.355 e. The molecule has 0 radical (unpaired) electrons. The second-order valence-corrected chi connectivity index (χ2v) is 10.3. The summed E-state index contributed by atoms with van der Waals surface area (Å²) in [6.45, 7) is 13.0. The lowest BCUT2D eigenvalue weighted by Crippen LogP contribution is -2.35. The van der Waals surface area contributed by atoms with Gasteiger partial charge in [0.1, 0.15) is 0 Å².